The number of carbonyl (C=O) groups is 1. The van der Waals surface area contributed by atoms with Gasteiger partial charge in [0.25, 0.3) is 0 Å². The maximum atomic E-state index is 10.3. The minimum atomic E-state index is -0.771. The van der Waals surface area contributed by atoms with Crippen LogP contribution in [0, 0.1) is 0 Å². The molecule has 4 nitrogen and oxygen atoms in total. The first-order valence-electron chi connectivity index (χ1n) is 5.25. The fourth-order valence-corrected chi connectivity index (χ4v) is 1.72. The first-order valence-corrected chi connectivity index (χ1v) is 5.25. The molecule has 0 aliphatic carbocycles. The maximum absolute atomic E-state index is 10.3. The highest BCUT2D eigenvalue weighted by Crippen LogP contribution is 2.16. The number of H-pyrrole nitrogens is 1. The molecule has 0 amide bonds. The molecule has 0 unspecified atom stereocenters. The molecule has 1 heterocycles. The molecule has 3 N–H and O–H groups in total. The Morgan fingerprint density at radius 3 is 3.06 bits per heavy atom. The molecule has 0 saturated heterocycles. The summed E-state index contributed by atoms with van der Waals surface area (Å²) < 4.78 is 0. The number of aromatic amines is 1. The van der Waals surface area contributed by atoms with Gasteiger partial charge in [0.2, 0.25) is 0 Å². The van der Waals surface area contributed by atoms with Gasteiger partial charge in [-0.15, -0.1) is 0 Å². The van der Waals surface area contributed by atoms with Crippen molar-refractivity contribution in [3.63, 3.8) is 0 Å². The van der Waals surface area contributed by atoms with Crippen molar-refractivity contribution in [1.29, 1.82) is 0 Å². The van der Waals surface area contributed by atoms with Gasteiger partial charge in [-0.25, -0.2) is 0 Å². The Morgan fingerprint density at radius 1 is 1.38 bits per heavy atom. The van der Waals surface area contributed by atoms with Gasteiger partial charge < -0.3 is 15.4 Å². The maximum Gasteiger partial charge on any atom is 0.304 e. The molecule has 0 aliphatic rings. The van der Waals surface area contributed by atoms with E-state index in [2.05, 4.69) is 10.3 Å². The fourth-order valence-electron chi connectivity index (χ4n) is 1.72. The number of rotatable bonds is 5. The van der Waals surface area contributed by atoms with Crippen molar-refractivity contribution in [3.8, 4) is 0 Å². The molecule has 0 bridgehead atoms. The van der Waals surface area contributed by atoms with Gasteiger partial charge in [0.05, 0.1) is 6.42 Å². The third-order valence-corrected chi connectivity index (χ3v) is 2.52. The number of benzene rings is 1. The second-order valence-corrected chi connectivity index (χ2v) is 3.68. The van der Waals surface area contributed by atoms with Crippen LogP contribution in [0.4, 0.5) is 0 Å². The predicted octanol–water partition coefficient (Wildman–Crippen LogP) is 1.73. The van der Waals surface area contributed by atoms with Crippen LogP contribution in [0.15, 0.2) is 30.5 Å². The molecular formula is C12H14N2O2. The van der Waals surface area contributed by atoms with E-state index in [-0.39, 0.29) is 6.42 Å². The molecule has 0 saturated carbocycles. The summed E-state index contributed by atoms with van der Waals surface area (Å²) >= 11 is 0. The van der Waals surface area contributed by atoms with E-state index in [1.807, 2.05) is 30.5 Å². The second-order valence-electron chi connectivity index (χ2n) is 3.68. The number of fused-ring (bicyclic) bond motifs is 1. The number of hydrogen-bond acceptors (Lipinski definition) is 2. The largest absolute Gasteiger partial charge is 0.481 e. The Morgan fingerprint density at radius 2 is 2.25 bits per heavy atom. The van der Waals surface area contributed by atoms with E-state index in [1.54, 1.807) is 0 Å². The van der Waals surface area contributed by atoms with E-state index < -0.39 is 5.97 Å². The highest BCUT2D eigenvalue weighted by Gasteiger charge is 2.01. The Balaban J connectivity index is 1.98. The van der Waals surface area contributed by atoms with E-state index in [4.69, 9.17) is 5.11 Å². The first kappa shape index (κ1) is 10.7. The van der Waals surface area contributed by atoms with E-state index in [0.29, 0.717) is 13.1 Å². The van der Waals surface area contributed by atoms with Crippen molar-refractivity contribution in [2.24, 2.45) is 0 Å². The molecular weight excluding hydrogens is 204 g/mol. The molecule has 1 aromatic carbocycles. The highest BCUT2D eigenvalue weighted by atomic mass is 16.4. The minimum absolute atomic E-state index is 0.156. The van der Waals surface area contributed by atoms with Crippen LogP contribution in [-0.2, 0) is 11.3 Å². The van der Waals surface area contributed by atoms with Crippen LogP contribution < -0.4 is 5.32 Å². The van der Waals surface area contributed by atoms with Crippen molar-refractivity contribution in [2.75, 3.05) is 6.54 Å². The number of aliphatic carboxylic acids is 1. The van der Waals surface area contributed by atoms with E-state index in [9.17, 15) is 4.79 Å². The van der Waals surface area contributed by atoms with Gasteiger partial charge in [0.1, 0.15) is 0 Å². The van der Waals surface area contributed by atoms with E-state index >= 15 is 0 Å². The number of nitrogens with one attached hydrogen (secondary N) is 2. The quantitative estimate of drug-likeness (QED) is 0.670. The van der Waals surface area contributed by atoms with Crippen molar-refractivity contribution in [3.05, 3.63) is 36.0 Å². The topological polar surface area (TPSA) is 65.1 Å². The molecule has 1 aromatic heterocycles. The average Bonchev–Trinajstić information content (AvgIpc) is 2.72. The normalized spacial score (nSPS) is 10.8. The third-order valence-electron chi connectivity index (χ3n) is 2.52. The van der Waals surface area contributed by atoms with Crippen molar-refractivity contribution >= 4 is 16.9 Å². The molecule has 16 heavy (non-hydrogen) atoms. The average molecular weight is 218 g/mol. The van der Waals surface area contributed by atoms with Crippen molar-refractivity contribution in [1.82, 2.24) is 10.3 Å². The second kappa shape index (κ2) is 4.81. The summed E-state index contributed by atoms with van der Waals surface area (Å²) in [4.78, 5) is 13.5. The zero-order chi connectivity index (χ0) is 11.4. The number of aromatic nitrogens is 1. The third kappa shape index (κ3) is 2.41. The molecule has 84 valence electrons. The number of carboxylic acids is 1. The standard InChI is InChI=1S/C12H14N2O2/c15-12(16)5-6-13-8-9-2-1-3-11-10(9)4-7-14-11/h1-4,7,13-14H,5-6,8H2,(H,15,16). The van der Waals surface area contributed by atoms with E-state index in [0.717, 1.165) is 5.52 Å². The molecule has 4 heteroatoms. The lowest BCUT2D eigenvalue weighted by atomic mass is 10.1. The first-order chi connectivity index (χ1) is 7.77. The summed E-state index contributed by atoms with van der Waals surface area (Å²) in [6, 6.07) is 8.09. The summed E-state index contributed by atoms with van der Waals surface area (Å²) in [6.45, 7) is 1.19. The van der Waals surface area contributed by atoms with Gasteiger partial charge in [0.15, 0.2) is 0 Å². The Kier molecular flexibility index (Phi) is 3.22. The summed E-state index contributed by atoms with van der Waals surface area (Å²) in [5.41, 5.74) is 2.29. The van der Waals surface area contributed by atoms with Gasteiger partial charge in [0, 0.05) is 30.2 Å². The SMILES string of the molecule is O=C(O)CCNCc1cccc2[nH]ccc12. The number of carboxylic acid groups (broad SMARTS) is 1. The fraction of sp³-hybridized carbons (Fsp3) is 0.250. The van der Waals surface area contributed by atoms with Gasteiger partial charge in [-0.2, -0.15) is 0 Å². The monoisotopic (exact) mass is 218 g/mol. The molecule has 2 rings (SSSR count). The summed E-state index contributed by atoms with van der Waals surface area (Å²) in [7, 11) is 0. The Hall–Kier alpha value is -1.81. The summed E-state index contributed by atoms with van der Waals surface area (Å²) in [5.74, 6) is -0.771. The lowest BCUT2D eigenvalue weighted by molar-refractivity contribution is -0.136. The highest BCUT2D eigenvalue weighted by molar-refractivity contribution is 5.82. The van der Waals surface area contributed by atoms with Crippen molar-refractivity contribution in [2.45, 2.75) is 13.0 Å². The summed E-state index contributed by atoms with van der Waals surface area (Å²) in [5, 5.41) is 12.8. The predicted molar refractivity (Wildman–Crippen MR) is 62.3 cm³/mol. The van der Waals surface area contributed by atoms with Crippen LogP contribution in [0.5, 0.6) is 0 Å². The van der Waals surface area contributed by atoms with Crippen molar-refractivity contribution < 1.29 is 9.90 Å². The molecule has 0 atom stereocenters. The zero-order valence-electron chi connectivity index (χ0n) is 8.86. The smallest absolute Gasteiger partial charge is 0.304 e. The Labute approximate surface area is 93.3 Å². The molecule has 0 aliphatic heterocycles. The van der Waals surface area contributed by atoms with Crippen LogP contribution in [0.1, 0.15) is 12.0 Å². The number of hydrogen-bond donors (Lipinski definition) is 3. The van der Waals surface area contributed by atoms with E-state index in [1.165, 1.54) is 10.9 Å². The van der Waals surface area contributed by atoms with Gasteiger partial charge in [-0.1, -0.05) is 12.1 Å². The van der Waals surface area contributed by atoms with Gasteiger partial charge in [-0.3, -0.25) is 4.79 Å². The van der Waals surface area contributed by atoms with Crippen LogP contribution in [0.2, 0.25) is 0 Å². The molecule has 0 spiro atoms. The van der Waals surface area contributed by atoms with Crippen LogP contribution in [-0.4, -0.2) is 22.6 Å². The van der Waals surface area contributed by atoms with Crippen LogP contribution in [0.25, 0.3) is 10.9 Å². The zero-order valence-corrected chi connectivity index (χ0v) is 8.86. The van der Waals surface area contributed by atoms with Crippen LogP contribution in [0.3, 0.4) is 0 Å². The molecule has 0 fully saturated rings. The Bertz CT molecular complexity index is 490. The lowest BCUT2D eigenvalue weighted by Crippen LogP contribution is -2.17. The van der Waals surface area contributed by atoms with Gasteiger partial charge >= 0.3 is 5.97 Å². The molecule has 0 radical (unpaired) electrons. The lowest BCUT2D eigenvalue weighted by Gasteiger charge is -2.04. The van der Waals surface area contributed by atoms with Crippen LogP contribution >= 0.6 is 0 Å². The molecule has 2 aromatic rings. The minimum Gasteiger partial charge on any atom is -0.481 e. The summed E-state index contributed by atoms with van der Waals surface area (Å²) in [6.07, 6.45) is 2.06. The van der Waals surface area contributed by atoms with Gasteiger partial charge in [-0.05, 0) is 17.7 Å².